The highest BCUT2D eigenvalue weighted by atomic mass is 127. The Hall–Kier alpha value is -1.27. The lowest BCUT2D eigenvalue weighted by Gasteiger charge is -2.29. The van der Waals surface area contributed by atoms with Crippen LogP contribution in [-0.4, -0.2) is 81.1 Å². The Bertz CT molecular complexity index is 758. The van der Waals surface area contributed by atoms with Crippen molar-refractivity contribution in [2.45, 2.75) is 31.2 Å². The minimum atomic E-state index is -4.69. The van der Waals surface area contributed by atoms with Crippen LogP contribution in [0.25, 0.3) is 0 Å². The molecule has 0 radical (unpaired) electrons. The molecule has 2 saturated heterocycles. The predicted molar refractivity (Wildman–Crippen MR) is 123 cm³/mol. The van der Waals surface area contributed by atoms with Crippen molar-refractivity contribution in [1.82, 2.24) is 15.1 Å². The maximum absolute atomic E-state index is 12.7. The van der Waals surface area contributed by atoms with Crippen molar-refractivity contribution in [3.63, 3.8) is 0 Å². The van der Waals surface area contributed by atoms with Crippen LogP contribution in [-0.2, 0) is 4.74 Å². The van der Waals surface area contributed by atoms with E-state index in [2.05, 4.69) is 24.8 Å². The first kappa shape index (κ1) is 24.4. The number of hydrogen-bond donors (Lipinski definition) is 1. The van der Waals surface area contributed by atoms with Crippen molar-refractivity contribution in [2.75, 3.05) is 53.0 Å². The Kier molecular flexibility index (Phi) is 8.31. The lowest BCUT2D eigenvalue weighted by molar-refractivity contribution is -0.274. The molecule has 174 valence electrons. The van der Waals surface area contributed by atoms with E-state index in [9.17, 15) is 13.2 Å². The molecule has 0 amide bonds. The van der Waals surface area contributed by atoms with Crippen molar-refractivity contribution in [1.29, 1.82) is 0 Å². The van der Waals surface area contributed by atoms with Gasteiger partial charge in [0.2, 0.25) is 0 Å². The largest absolute Gasteiger partial charge is 0.573 e. The van der Waals surface area contributed by atoms with Crippen LogP contribution in [0.3, 0.4) is 0 Å². The summed E-state index contributed by atoms with van der Waals surface area (Å²) in [5, 5.41) is 3.45. The van der Waals surface area contributed by atoms with Crippen LogP contribution in [0.2, 0.25) is 0 Å². The van der Waals surface area contributed by atoms with Crippen LogP contribution in [0.5, 0.6) is 5.75 Å². The zero-order valence-electron chi connectivity index (χ0n) is 17.6. The Morgan fingerprint density at radius 2 is 1.97 bits per heavy atom. The highest BCUT2D eigenvalue weighted by Crippen LogP contribution is 2.45. The Morgan fingerprint density at radius 1 is 1.23 bits per heavy atom. The summed E-state index contributed by atoms with van der Waals surface area (Å²) in [6.45, 7) is 6.57. The van der Waals surface area contributed by atoms with Crippen molar-refractivity contribution in [3.05, 3.63) is 29.8 Å². The third-order valence-corrected chi connectivity index (χ3v) is 6.07. The summed E-state index contributed by atoms with van der Waals surface area (Å²) in [6.07, 6.45) is -2.80. The molecule has 1 aromatic rings. The van der Waals surface area contributed by atoms with Gasteiger partial charge in [-0.25, -0.2) is 0 Å². The Morgan fingerprint density at radius 3 is 2.68 bits per heavy atom. The predicted octanol–water partition coefficient (Wildman–Crippen LogP) is 3.29. The molecule has 4 rings (SSSR count). The van der Waals surface area contributed by atoms with E-state index in [-0.39, 0.29) is 41.7 Å². The number of benzene rings is 1. The summed E-state index contributed by atoms with van der Waals surface area (Å²) in [4.78, 5) is 9.15. The molecular formula is C21H30F3IN4O2. The maximum atomic E-state index is 12.7. The molecule has 1 aliphatic carbocycles. The summed E-state index contributed by atoms with van der Waals surface area (Å²) in [6, 6.07) is 6.47. The van der Waals surface area contributed by atoms with Gasteiger partial charge >= 0.3 is 6.36 Å². The van der Waals surface area contributed by atoms with E-state index in [4.69, 9.17) is 4.74 Å². The monoisotopic (exact) mass is 554 g/mol. The second-order valence-corrected chi connectivity index (χ2v) is 8.24. The summed E-state index contributed by atoms with van der Waals surface area (Å²) in [5.74, 6) is 1.31. The van der Waals surface area contributed by atoms with Crippen LogP contribution < -0.4 is 10.1 Å². The van der Waals surface area contributed by atoms with E-state index in [1.165, 1.54) is 6.07 Å². The number of para-hydroxylation sites is 1. The van der Waals surface area contributed by atoms with Gasteiger partial charge in [-0.3, -0.25) is 9.89 Å². The van der Waals surface area contributed by atoms with Gasteiger partial charge < -0.3 is 19.7 Å². The average Bonchev–Trinajstić information content (AvgIpc) is 3.33. The highest BCUT2D eigenvalue weighted by molar-refractivity contribution is 14.0. The highest BCUT2D eigenvalue weighted by Gasteiger charge is 2.43. The lowest BCUT2D eigenvalue weighted by Crippen LogP contribution is -2.43. The number of morpholine rings is 1. The van der Waals surface area contributed by atoms with Gasteiger partial charge in [-0.2, -0.15) is 0 Å². The Balaban J connectivity index is 0.00000272. The standard InChI is InChI=1S/C21H29F3N4O2.HI/c1-25-20(28-7-6-15(14-28)13-27-8-10-29-11-9-27)26-18-12-17(18)16-4-2-3-5-19(16)30-21(22,23)24;/h2-5,15,17-18H,6-14H2,1H3,(H,25,26);1H. The Labute approximate surface area is 198 Å². The van der Waals surface area contributed by atoms with Gasteiger partial charge in [0.15, 0.2) is 5.96 Å². The molecule has 0 spiro atoms. The molecule has 0 aromatic heterocycles. The second-order valence-electron chi connectivity index (χ2n) is 8.24. The number of nitrogens with one attached hydrogen (secondary N) is 1. The number of hydrogen-bond acceptors (Lipinski definition) is 4. The molecule has 10 heteroatoms. The molecule has 1 saturated carbocycles. The van der Waals surface area contributed by atoms with E-state index in [0.717, 1.165) is 64.7 Å². The number of halogens is 4. The summed E-state index contributed by atoms with van der Waals surface area (Å²) >= 11 is 0. The SMILES string of the molecule is CN=C(NC1CC1c1ccccc1OC(F)(F)F)N1CCC(CN2CCOCC2)C1.I. The topological polar surface area (TPSA) is 49.3 Å². The summed E-state index contributed by atoms with van der Waals surface area (Å²) in [5.41, 5.74) is 0.592. The third kappa shape index (κ3) is 6.61. The number of rotatable bonds is 5. The molecule has 3 unspecified atom stereocenters. The molecule has 1 aromatic carbocycles. The molecule has 2 heterocycles. The van der Waals surface area contributed by atoms with Gasteiger partial charge in [-0.1, -0.05) is 18.2 Å². The lowest BCUT2D eigenvalue weighted by atomic mass is 10.1. The molecule has 1 N–H and O–H groups in total. The van der Waals surface area contributed by atoms with E-state index < -0.39 is 6.36 Å². The van der Waals surface area contributed by atoms with Gasteiger partial charge in [-0.05, 0) is 30.4 Å². The first-order chi connectivity index (χ1) is 14.4. The minimum absolute atomic E-state index is 0. The number of likely N-dealkylation sites (tertiary alicyclic amines) is 1. The van der Waals surface area contributed by atoms with Crippen molar-refractivity contribution < 1.29 is 22.6 Å². The molecule has 3 atom stereocenters. The minimum Gasteiger partial charge on any atom is -0.405 e. The van der Waals surface area contributed by atoms with Crippen molar-refractivity contribution >= 4 is 29.9 Å². The van der Waals surface area contributed by atoms with Gasteiger partial charge in [0, 0.05) is 51.7 Å². The van der Waals surface area contributed by atoms with E-state index in [1.807, 2.05) is 0 Å². The second kappa shape index (κ2) is 10.6. The van der Waals surface area contributed by atoms with E-state index in [1.54, 1.807) is 25.2 Å². The fourth-order valence-electron chi connectivity index (χ4n) is 4.49. The zero-order chi connectivity index (χ0) is 21.1. The van der Waals surface area contributed by atoms with E-state index in [0.29, 0.717) is 11.5 Å². The third-order valence-electron chi connectivity index (χ3n) is 6.07. The molecular weight excluding hydrogens is 524 g/mol. The maximum Gasteiger partial charge on any atom is 0.573 e. The fourth-order valence-corrected chi connectivity index (χ4v) is 4.49. The van der Waals surface area contributed by atoms with Crippen LogP contribution >= 0.6 is 24.0 Å². The van der Waals surface area contributed by atoms with Crippen LogP contribution in [0.4, 0.5) is 13.2 Å². The van der Waals surface area contributed by atoms with E-state index >= 15 is 0 Å². The first-order valence-corrected chi connectivity index (χ1v) is 10.6. The molecule has 6 nitrogen and oxygen atoms in total. The molecule has 3 aliphatic rings. The quantitative estimate of drug-likeness (QED) is 0.344. The van der Waals surface area contributed by atoms with Crippen LogP contribution in [0, 0.1) is 5.92 Å². The first-order valence-electron chi connectivity index (χ1n) is 10.6. The zero-order valence-corrected chi connectivity index (χ0v) is 19.9. The normalized spacial score (nSPS) is 27.0. The number of alkyl halides is 3. The van der Waals surface area contributed by atoms with Crippen molar-refractivity contribution in [3.8, 4) is 5.75 Å². The van der Waals surface area contributed by atoms with Gasteiger partial charge in [-0.15, -0.1) is 37.1 Å². The molecule has 3 fully saturated rings. The number of aliphatic imine (C=N–C) groups is 1. The van der Waals surface area contributed by atoms with Crippen LogP contribution in [0.1, 0.15) is 24.3 Å². The smallest absolute Gasteiger partial charge is 0.405 e. The van der Waals surface area contributed by atoms with Crippen LogP contribution in [0.15, 0.2) is 29.3 Å². The van der Waals surface area contributed by atoms with Gasteiger partial charge in [0.25, 0.3) is 0 Å². The number of ether oxygens (including phenoxy) is 2. The molecule has 2 aliphatic heterocycles. The number of nitrogens with zero attached hydrogens (tertiary/aromatic N) is 3. The van der Waals surface area contributed by atoms with Crippen molar-refractivity contribution in [2.24, 2.45) is 10.9 Å². The molecule has 0 bridgehead atoms. The molecule has 31 heavy (non-hydrogen) atoms. The fraction of sp³-hybridized carbons (Fsp3) is 0.667. The summed E-state index contributed by atoms with van der Waals surface area (Å²) in [7, 11) is 1.76. The number of guanidine groups is 1. The average molecular weight is 554 g/mol. The summed E-state index contributed by atoms with van der Waals surface area (Å²) < 4.78 is 47.7. The van der Waals surface area contributed by atoms with Gasteiger partial charge in [0.1, 0.15) is 5.75 Å². The van der Waals surface area contributed by atoms with Gasteiger partial charge in [0.05, 0.1) is 13.2 Å².